The fraction of sp³-hybridized carbons (Fsp3) is 0.240. The van der Waals surface area contributed by atoms with Crippen LogP contribution in [0.1, 0.15) is 28.8 Å². The molecule has 0 radical (unpaired) electrons. The van der Waals surface area contributed by atoms with Crippen LogP contribution in [0.25, 0.3) is 28.0 Å². The van der Waals surface area contributed by atoms with Crippen LogP contribution in [0.5, 0.6) is 0 Å². The van der Waals surface area contributed by atoms with Crippen molar-refractivity contribution in [2.24, 2.45) is 11.1 Å². The number of rotatable bonds is 6. The summed E-state index contributed by atoms with van der Waals surface area (Å²) in [5.41, 5.74) is 5.28. The average Bonchev–Trinajstić information content (AvgIpc) is 3.53. The van der Waals surface area contributed by atoms with Gasteiger partial charge in [-0.1, -0.05) is 36.4 Å². The van der Waals surface area contributed by atoms with E-state index in [1.807, 2.05) is 48.5 Å². The number of nitrogens with one attached hydrogen (secondary N) is 1. The van der Waals surface area contributed by atoms with Crippen LogP contribution in [0.15, 0.2) is 60.8 Å². The zero-order valence-electron chi connectivity index (χ0n) is 19.0. The summed E-state index contributed by atoms with van der Waals surface area (Å²) in [6.07, 6.45) is 1.84. The van der Waals surface area contributed by atoms with Crippen molar-refractivity contribution in [3.8, 4) is 22.4 Å². The van der Waals surface area contributed by atoms with Gasteiger partial charge in [-0.2, -0.15) is 18.0 Å². The fourth-order valence-electron chi connectivity index (χ4n) is 5.12. The Hall–Kier alpha value is -3.64. The van der Waals surface area contributed by atoms with Gasteiger partial charge in [-0.3, -0.25) is 8.98 Å². The molecule has 6 rings (SSSR count). The van der Waals surface area contributed by atoms with E-state index in [1.54, 1.807) is 16.8 Å². The normalized spacial score (nSPS) is 21.1. The molecule has 0 spiro atoms. The average molecular weight is 506 g/mol. The number of hydrogen-bond acceptors (Lipinski definition) is 8. The number of nitrogens with zero attached hydrogens (tertiary/aromatic N) is 3. The van der Waals surface area contributed by atoms with Crippen LogP contribution >= 0.6 is 0 Å². The van der Waals surface area contributed by atoms with Crippen molar-refractivity contribution in [3.05, 3.63) is 71.9 Å². The van der Waals surface area contributed by atoms with Crippen molar-refractivity contribution in [1.82, 2.24) is 14.6 Å². The number of carbonyl (C=O) groups excluding carboxylic acids is 1. The predicted molar refractivity (Wildman–Crippen MR) is 132 cm³/mol. The molecule has 3 unspecified atom stereocenters. The van der Waals surface area contributed by atoms with Gasteiger partial charge in [-0.05, 0) is 42.0 Å². The van der Waals surface area contributed by atoms with Crippen molar-refractivity contribution in [2.75, 3.05) is 11.9 Å². The van der Waals surface area contributed by atoms with Gasteiger partial charge in [0.05, 0.1) is 24.4 Å². The van der Waals surface area contributed by atoms with Gasteiger partial charge < -0.3 is 10.4 Å². The molecule has 1 fully saturated rings. The molecule has 0 amide bonds. The van der Waals surface area contributed by atoms with Gasteiger partial charge in [0, 0.05) is 29.0 Å². The lowest BCUT2D eigenvalue weighted by Gasteiger charge is -2.18. The maximum Gasteiger partial charge on any atom is 0.333 e. The highest BCUT2D eigenvalue weighted by molar-refractivity contribution is 7.84. The van der Waals surface area contributed by atoms with Crippen LogP contribution in [0, 0.1) is 5.92 Å². The van der Waals surface area contributed by atoms with Gasteiger partial charge in [-0.15, -0.1) is 0 Å². The summed E-state index contributed by atoms with van der Waals surface area (Å²) >= 11 is 0. The molecular formula is C25H23N5O5S. The first-order valence-corrected chi connectivity index (χ1v) is 13.0. The number of aliphatic hydroxyl groups is 1. The van der Waals surface area contributed by atoms with Gasteiger partial charge >= 0.3 is 10.3 Å². The molecule has 0 aliphatic heterocycles. The van der Waals surface area contributed by atoms with Crippen molar-refractivity contribution < 1.29 is 22.5 Å². The molecule has 10 nitrogen and oxygen atoms in total. The van der Waals surface area contributed by atoms with Crippen molar-refractivity contribution >= 4 is 27.6 Å². The summed E-state index contributed by atoms with van der Waals surface area (Å²) in [6.45, 7) is -0.0767. The molecule has 0 saturated heterocycles. The second-order valence-corrected chi connectivity index (χ2v) is 10.4. The third-order valence-corrected chi connectivity index (χ3v) is 7.27. The van der Waals surface area contributed by atoms with Crippen LogP contribution in [0.3, 0.4) is 0 Å². The molecule has 2 heterocycles. The van der Waals surface area contributed by atoms with Crippen LogP contribution in [0.2, 0.25) is 0 Å². The summed E-state index contributed by atoms with van der Waals surface area (Å²) in [7, 11) is -4.03. The van der Waals surface area contributed by atoms with E-state index in [1.165, 1.54) is 0 Å². The summed E-state index contributed by atoms with van der Waals surface area (Å²) in [5.74, 6) is 0.477. The first-order valence-electron chi connectivity index (χ1n) is 11.5. The van der Waals surface area contributed by atoms with Crippen LogP contribution in [0.4, 0.5) is 5.82 Å². The monoisotopic (exact) mass is 505 g/mol. The van der Waals surface area contributed by atoms with E-state index in [4.69, 9.17) is 14.4 Å². The van der Waals surface area contributed by atoms with Crippen LogP contribution in [-0.4, -0.2) is 52.7 Å². The number of carbonyl (C=O) groups is 1. The largest absolute Gasteiger partial charge is 0.391 e. The SMILES string of the molecule is NS(=O)(=O)OCC1CC(O)C(Nc2ccnc3cc(-c4ccc5c(c4)C(=O)c4ccccc4-5)nn23)C1. The second kappa shape index (κ2) is 8.49. The number of fused-ring (bicyclic) bond motifs is 4. The molecule has 2 aliphatic rings. The molecule has 2 aliphatic carbocycles. The summed E-state index contributed by atoms with van der Waals surface area (Å²) in [4.78, 5) is 17.3. The maximum atomic E-state index is 12.9. The Kier molecular flexibility index (Phi) is 5.38. The lowest BCUT2D eigenvalue weighted by molar-refractivity contribution is 0.104. The summed E-state index contributed by atoms with van der Waals surface area (Å²) in [5, 5.41) is 23.5. The Balaban J connectivity index is 1.26. The molecule has 36 heavy (non-hydrogen) atoms. The van der Waals surface area contributed by atoms with E-state index < -0.39 is 16.4 Å². The minimum absolute atomic E-state index is 0.00267. The molecule has 11 heteroatoms. The quantitative estimate of drug-likeness (QED) is 0.318. The van der Waals surface area contributed by atoms with Crippen molar-refractivity contribution in [1.29, 1.82) is 0 Å². The highest BCUT2D eigenvalue weighted by Gasteiger charge is 2.34. The Labute approximate surface area is 207 Å². The second-order valence-electron chi connectivity index (χ2n) is 9.20. The number of nitrogens with two attached hydrogens (primary N) is 1. The summed E-state index contributed by atoms with van der Waals surface area (Å²) in [6, 6.07) is 16.6. The zero-order chi connectivity index (χ0) is 25.0. The Morgan fingerprint density at radius 2 is 1.83 bits per heavy atom. The minimum atomic E-state index is -4.03. The third-order valence-electron chi connectivity index (χ3n) is 6.81. The van der Waals surface area contributed by atoms with E-state index >= 15 is 0 Å². The standard InChI is InChI=1S/C25H23N5O5S/c26-36(33,34)35-13-14-9-21(22(31)10-14)28-23-7-8-27-24-12-20(29-30(23)24)15-5-6-17-16-3-1-2-4-18(16)25(32)19(17)11-15/h1-8,11-12,14,21-22,28,31H,9-10,13H2,(H2,26,33,34). The third kappa shape index (κ3) is 4.05. The fourth-order valence-corrected chi connectivity index (χ4v) is 5.51. The molecule has 4 aromatic rings. The summed E-state index contributed by atoms with van der Waals surface area (Å²) < 4.78 is 28.5. The number of hydrogen-bond donors (Lipinski definition) is 3. The number of ketones is 1. The molecule has 4 N–H and O–H groups in total. The molecule has 2 aromatic heterocycles. The predicted octanol–water partition coefficient (Wildman–Crippen LogP) is 2.38. The van der Waals surface area contributed by atoms with Crippen molar-refractivity contribution in [2.45, 2.75) is 25.0 Å². The maximum absolute atomic E-state index is 12.9. The van der Waals surface area contributed by atoms with Gasteiger partial charge in [0.15, 0.2) is 11.4 Å². The van der Waals surface area contributed by atoms with E-state index in [0.29, 0.717) is 41.1 Å². The lowest BCUT2D eigenvalue weighted by atomic mass is 10.0. The minimum Gasteiger partial charge on any atom is -0.391 e. The van der Waals surface area contributed by atoms with Gasteiger partial charge in [0.1, 0.15) is 5.82 Å². The van der Waals surface area contributed by atoms with Crippen LogP contribution < -0.4 is 10.5 Å². The van der Waals surface area contributed by atoms with E-state index in [0.717, 1.165) is 16.7 Å². The molecule has 184 valence electrons. The van der Waals surface area contributed by atoms with E-state index in [-0.39, 0.29) is 24.3 Å². The number of aliphatic hydroxyl groups excluding tert-OH is 1. The molecule has 0 bridgehead atoms. The Morgan fingerprint density at radius 1 is 1.06 bits per heavy atom. The van der Waals surface area contributed by atoms with Gasteiger partial charge in [0.25, 0.3) is 0 Å². The van der Waals surface area contributed by atoms with Crippen LogP contribution in [-0.2, 0) is 14.5 Å². The van der Waals surface area contributed by atoms with Crippen molar-refractivity contribution in [3.63, 3.8) is 0 Å². The molecule has 2 aromatic carbocycles. The van der Waals surface area contributed by atoms with Gasteiger partial charge in [-0.25, -0.2) is 10.1 Å². The van der Waals surface area contributed by atoms with Gasteiger partial charge in [0.2, 0.25) is 0 Å². The topological polar surface area (TPSA) is 149 Å². The molecule has 1 saturated carbocycles. The first-order chi connectivity index (χ1) is 17.3. The first kappa shape index (κ1) is 22.8. The number of benzene rings is 2. The highest BCUT2D eigenvalue weighted by atomic mass is 32.2. The smallest absolute Gasteiger partial charge is 0.333 e. The Morgan fingerprint density at radius 3 is 2.64 bits per heavy atom. The van der Waals surface area contributed by atoms with E-state index in [9.17, 15) is 18.3 Å². The number of anilines is 1. The lowest BCUT2D eigenvalue weighted by Crippen LogP contribution is -2.29. The zero-order valence-corrected chi connectivity index (χ0v) is 19.9. The molecular weight excluding hydrogens is 482 g/mol. The molecule has 3 atom stereocenters. The highest BCUT2D eigenvalue weighted by Crippen LogP contribution is 2.38. The number of aromatic nitrogens is 3. The van der Waals surface area contributed by atoms with E-state index in [2.05, 4.69) is 10.3 Å². The Bertz CT molecular complexity index is 1620.